The van der Waals surface area contributed by atoms with Crippen LogP contribution >= 0.6 is 0 Å². The van der Waals surface area contributed by atoms with Crippen molar-refractivity contribution in [2.45, 2.75) is 45.3 Å². The molecule has 1 fully saturated rings. The van der Waals surface area contributed by atoms with Crippen molar-refractivity contribution in [2.75, 3.05) is 17.3 Å². The van der Waals surface area contributed by atoms with E-state index in [9.17, 15) is 14.1 Å². The number of halogens is 1. The number of aromatic nitrogens is 4. The highest BCUT2D eigenvalue weighted by Gasteiger charge is 2.27. The number of rotatable bonds is 6. The summed E-state index contributed by atoms with van der Waals surface area (Å²) in [5.74, 6) is -0.432. The topological polar surface area (TPSA) is 120 Å². The molecule has 12 heteroatoms. The van der Waals surface area contributed by atoms with Gasteiger partial charge in [0.2, 0.25) is 5.88 Å². The molecule has 0 atom stereocenters. The third-order valence-corrected chi connectivity index (χ3v) is 4.59. The first-order valence-electron chi connectivity index (χ1n) is 10.2. The lowest BCUT2D eigenvalue weighted by Gasteiger charge is -2.25. The Hall–Kier alpha value is -3.96. The average Bonchev–Trinajstić information content (AvgIpc) is 3.48. The van der Waals surface area contributed by atoms with Gasteiger partial charge in [0.1, 0.15) is 34.6 Å². The van der Waals surface area contributed by atoms with Gasteiger partial charge >= 0.3 is 12.1 Å². The summed E-state index contributed by atoms with van der Waals surface area (Å²) in [6.45, 7) is 5.21. The summed E-state index contributed by atoms with van der Waals surface area (Å²) in [5.41, 5.74) is -0.458. The van der Waals surface area contributed by atoms with E-state index in [1.54, 1.807) is 39.1 Å². The molecule has 11 nitrogen and oxygen atoms in total. The number of fused-ring (bicyclic) bond motifs is 1. The highest BCUT2D eigenvalue weighted by molar-refractivity contribution is 5.96. The third-order valence-electron chi connectivity index (χ3n) is 4.59. The number of pyridine rings is 1. The van der Waals surface area contributed by atoms with Crippen molar-refractivity contribution in [2.24, 2.45) is 0 Å². The van der Waals surface area contributed by atoms with Crippen molar-refractivity contribution < 1.29 is 28.5 Å². The molecule has 1 aliphatic rings. The van der Waals surface area contributed by atoms with Crippen LogP contribution in [0.25, 0.3) is 5.65 Å². The van der Waals surface area contributed by atoms with Crippen LogP contribution < -0.4 is 15.0 Å². The lowest BCUT2D eigenvalue weighted by molar-refractivity contribution is -0.0786. The lowest BCUT2D eigenvalue weighted by Crippen LogP contribution is -2.35. The number of amides is 1. The third kappa shape index (κ3) is 4.94. The summed E-state index contributed by atoms with van der Waals surface area (Å²) in [6, 6.07) is 5.00. The minimum atomic E-state index is -1.26. The molecule has 1 N–H and O–H groups in total. The van der Waals surface area contributed by atoms with E-state index in [0.29, 0.717) is 11.6 Å². The molecule has 1 saturated carbocycles. The molecule has 0 radical (unpaired) electrons. The Kier molecular flexibility index (Phi) is 5.75. The zero-order valence-corrected chi connectivity index (χ0v) is 18.5. The van der Waals surface area contributed by atoms with Gasteiger partial charge in [0.25, 0.3) is 0 Å². The van der Waals surface area contributed by atoms with Crippen molar-refractivity contribution >= 4 is 35.0 Å². The molecular weight excluding hydrogens is 435 g/mol. The summed E-state index contributed by atoms with van der Waals surface area (Å²) >= 11 is 0. The Balaban J connectivity index is 1.77. The number of anilines is 3. The average molecular weight is 458 g/mol. The van der Waals surface area contributed by atoms with Gasteiger partial charge < -0.3 is 14.8 Å². The molecular formula is C21H23FN6O5. The molecule has 174 valence electrons. The van der Waals surface area contributed by atoms with Crippen LogP contribution in [0.4, 0.5) is 26.6 Å². The fourth-order valence-corrected chi connectivity index (χ4v) is 2.92. The van der Waals surface area contributed by atoms with Gasteiger partial charge in [-0.05, 0) is 45.7 Å². The SMILES string of the molecule is CN(C(=O)OC(C)(C)C)c1cc(Nc2cccnc2OC2CC2)nc2c(C(=O)OF)cnn12. The monoisotopic (exact) mass is 458 g/mol. The summed E-state index contributed by atoms with van der Waals surface area (Å²) in [7, 11) is 1.48. The summed E-state index contributed by atoms with van der Waals surface area (Å²) < 4.78 is 25.1. The van der Waals surface area contributed by atoms with Crippen LogP contribution in [0.2, 0.25) is 0 Å². The number of hydrogen-bond donors (Lipinski definition) is 1. The van der Waals surface area contributed by atoms with E-state index >= 15 is 0 Å². The van der Waals surface area contributed by atoms with Crippen LogP contribution in [0.5, 0.6) is 5.88 Å². The van der Waals surface area contributed by atoms with Crippen LogP contribution in [0.1, 0.15) is 44.0 Å². The van der Waals surface area contributed by atoms with Crippen molar-refractivity contribution in [3.8, 4) is 5.88 Å². The molecule has 33 heavy (non-hydrogen) atoms. The van der Waals surface area contributed by atoms with Crippen molar-refractivity contribution in [1.29, 1.82) is 0 Å². The Labute approximate surface area is 188 Å². The molecule has 3 heterocycles. The molecule has 3 aromatic heterocycles. The van der Waals surface area contributed by atoms with Gasteiger partial charge in [-0.1, -0.05) is 0 Å². The molecule has 0 saturated heterocycles. The smallest absolute Gasteiger partial charge is 0.415 e. The number of hydrogen-bond acceptors (Lipinski definition) is 9. The first kappa shape index (κ1) is 22.2. The quantitative estimate of drug-likeness (QED) is 0.588. The van der Waals surface area contributed by atoms with E-state index in [4.69, 9.17) is 9.47 Å². The molecule has 3 aromatic rings. The molecule has 0 aliphatic heterocycles. The normalized spacial score (nSPS) is 13.5. The van der Waals surface area contributed by atoms with E-state index < -0.39 is 17.7 Å². The van der Waals surface area contributed by atoms with E-state index in [1.165, 1.54) is 22.5 Å². The van der Waals surface area contributed by atoms with Crippen LogP contribution in [-0.2, 0) is 9.68 Å². The zero-order valence-electron chi connectivity index (χ0n) is 18.5. The van der Waals surface area contributed by atoms with Gasteiger partial charge in [0.15, 0.2) is 5.65 Å². The second kappa shape index (κ2) is 8.52. The maximum absolute atomic E-state index is 12.7. The molecule has 0 bridgehead atoms. The Morgan fingerprint density at radius 3 is 2.73 bits per heavy atom. The largest absolute Gasteiger partial charge is 0.473 e. The number of carbonyl (C=O) groups is 2. The number of carbonyl (C=O) groups excluding carboxylic acids is 2. The van der Waals surface area contributed by atoms with E-state index in [0.717, 1.165) is 19.0 Å². The Morgan fingerprint density at radius 1 is 1.30 bits per heavy atom. The van der Waals surface area contributed by atoms with Gasteiger partial charge in [-0.15, -0.1) is 0 Å². The number of nitrogens with one attached hydrogen (secondary N) is 1. The number of nitrogens with zero attached hydrogens (tertiary/aromatic N) is 5. The predicted molar refractivity (Wildman–Crippen MR) is 115 cm³/mol. The minimum Gasteiger partial charge on any atom is -0.473 e. The van der Waals surface area contributed by atoms with Crippen LogP contribution in [0.3, 0.4) is 0 Å². The maximum Gasteiger partial charge on any atom is 0.415 e. The zero-order chi connectivity index (χ0) is 23.8. The van der Waals surface area contributed by atoms with Crippen molar-refractivity contribution in [3.05, 3.63) is 36.2 Å². The first-order chi connectivity index (χ1) is 15.7. The second-order valence-corrected chi connectivity index (χ2v) is 8.50. The van der Waals surface area contributed by atoms with Crippen molar-refractivity contribution in [3.63, 3.8) is 0 Å². The van der Waals surface area contributed by atoms with Gasteiger partial charge in [-0.2, -0.15) is 9.61 Å². The Bertz CT molecular complexity index is 1200. The molecule has 0 unspecified atom stereocenters. The predicted octanol–water partition coefficient (Wildman–Crippen LogP) is 3.82. The first-order valence-corrected chi connectivity index (χ1v) is 10.2. The van der Waals surface area contributed by atoms with Crippen LogP contribution in [0, 0.1) is 0 Å². The van der Waals surface area contributed by atoms with Gasteiger partial charge in [-0.3, -0.25) is 4.90 Å². The lowest BCUT2D eigenvalue weighted by atomic mass is 10.2. The molecule has 1 amide bonds. The fraction of sp³-hybridized carbons (Fsp3) is 0.381. The number of ether oxygens (including phenoxy) is 2. The summed E-state index contributed by atoms with van der Waals surface area (Å²) in [5, 5.41) is 7.16. The van der Waals surface area contributed by atoms with Crippen LogP contribution in [-0.4, -0.2) is 50.4 Å². The van der Waals surface area contributed by atoms with Crippen LogP contribution in [0.15, 0.2) is 30.6 Å². The highest BCUT2D eigenvalue weighted by Crippen LogP contribution is 2.32. The van der Waals surface area contributed by atoms with Crippen molar-refractivity contribution in [1.82, 2.24) is 19.6 Å². The highest BCUT2D eigenvalue weighted by atomic mass is 19.3. The van der Waals surface area contributed by atoms with E-state index in [-0.39, 0.29) is 29.0 Å². The summed E-state index contributed by atoms with van der Waals surface area (Å²) in [6.07, 6.45) is 4.07. The minimum absolute atomic E-state index is 0.0263. The van der Waals surface area contributed by atoms with Gasteiger partial charge in [0, 0.05) is 23.8 Å². The molecule has 0 spiro atoms. The van der Waals surface area contributed by atoms with Gasteiger partial charge in [0.05, 0.1) is 6.20 Å². The fourth-order valence-electron chi connectivity index (χ4n) is 2.92. The second-order valence-electron chi connectivity index (χ2n) is 8.50. The van der Waals surface area contributed by atoms with E-state index in [1.807, 2.05) is 0 Å². The maximum atomic E-state index is 12.7. The standard InChI is InChI=1S/C21H23FN6O5/c1-21(2,3)32-20(30)27(4)16-10-15(26-17-13(19(29)33-22)11-24-28(16)17)25-14-6-5-9-23-18(14)31-12-7-8-12/h5-6,9-12H,7-8H2,1-4H3,(H,25,26). The summed E-state index contributed by atoms with van der Waals surface area (Å²) in [4.78, 5) is 37.8. The molecule has 1 aliphatic carbocycles. The Morgan fingerprint density at radius 2 is 2.06 bits per heavy atom. The molecule has 4 rings (SSSR count). The molecule has 0 aromatic carbocycles. The van der Waals surface area contributed by atoms with Gasteiger partial charge in [-0.25, -0.2) is 24.5 Å². The van der Waals surface area contributed by atoms with E-state index in [2.05, 4.69) is 25.3 Å².